The topological polar surface area (TPSA) is 63.1 Å². The molecule has 0 aliphatic carbocycles. The lowest BCUT2D eigenvalue weighted by Crippen LogP contribution is -2.40. The second kappa shape index (κ2) is 11.6. The minimum atomic E-state index is -1.97. The van der Waals surface area contributed by atoms with Gasteiger partial charge in [-0.25, -0.2) is 14.4 Å². The van der Waals surface area contributed by atoms with Crippen LogP contribution in [0.25, 0.3) is 11.1 Å². The van der Waals surface area contributed by atoms with E-state index in [9.17, 15) is 0 Å². The molecule has 0 bridgehead atoms. The second-order valence-corrected chi connectivity index (χ2v) is 15.7. The van der Waals surface area contributed by atoms with Crippen LogP contribution in [0.2, 0.25) is 18.1 Å². The minimum absolute atomic E-state index is 0.0743. The van der Waals surface area contributed by atoms with E-state index in [0.717, 1.165) is 38.2 Å². The van der Waals surface area contributed by atoms with Crippen LogP contribution < -0.4 is 4.90 Å². The molecule has 1 saturated heterocycles. The Hall–Kier alpha value is -2.36. The quantitative estimate of drug-likeness (QED) is 0.263. The van der Waals surface area contributed by atoms with Crippen molar-refractivity contribution in [1.82, 2.24) is 14.9 Å². The van der Waals surface area contributed by atoms with Gasteiger partial charge in [0.15, 0.2) is 0 Å². The van der Waals surface area contributed by atoms with Gasteiger partial charge in [0.2, 0.25) is 5.95 Å². The highest BCUT2D eigenvalue weighted by atomic mass is 28.4. The summed E-state index contributed by atoms with van der Waals surface area (Å²) in [6.07, 6.45) is 5.04. The molecular formula is C26H40FN5O2Si-. The van der Waals surface area contributed by atoms with E-state index >= 15 is 4.39 Å². The van der Waals surface area contributed by atoms with Crippen molar-refractivity contribution in [3.63, 3.8) is 0 Å². The summed E-state index contributed by atoms with van der Waals surface area (Å²) in [5, 5.41) is 4.35. The van der Waals surface area contributed by atoms with Crippen LogP contribution in [-0.2, 0) is 15.9 Å². The number of benzene rings is 1. The van der Waals surface area contributed by atoms with Gasteiger partial charge < -0.3 is 19.1 Å². The zero-order chi connectivity index (χ0) is 25.6. The number of nitrogens with zero attached hydrogens (tertiary/aromatic N) is 5. The molecule has 35 heavy (non-hydrogen) atoms. The number of halogens is 1. The third-order valence-electron chi connectivity index (χ3n) is 6.87. The Morgan fingerprint density at radius 2 is 1.77 bits per heavy atom. The molecule has 1 aromatic heterocycles. The number of hydrogen-bond donors (Lipinski definition) is 0. The van der Waals surface area contributed by atoms with Crippen LogP contribution in [0.4, 0.5) is 10.3 Å². The lowest BCUT2D eigenvalue weighted by molar-refractivity contribution is 0.124. The monoisotopic (exact) mass is 501 g/mol. The van der Waals surface area contributed by atoms with Crippen molar-refractivity contribution < 1.29 is 13.7 Å². The van der Waals surface area contributed by atoms with Gasteiger partial charge in [0.25, 0.3) is 0 Å². The molecule has 3 rings (SSSR count). The maximum Gasteiger partial charge on any atom is 0.225 e. The van der Waals surface area contributed by atoms with Crippen molar-refractivity contribution in [2.45, 2.75) is 58.4 Å². The fraction of sp³-hybridized carbons (Fsp3) is 0.577. The van der Waals surface area contributed by atoms with Crippen molar-refractivity contribution >= 4 is 20.0 Å². The molecular weight excluding hydrogens is 461 g/mol. The Morgan fingerprint density at radius 3 is 2.37 bits per heavy atom. The standard InChI is InChI=1S/C26H40FN5O2Si/c1-26(2,3)35(6,7)34-19-20-9-8-10-23(24(20)27)21-17-28-25(29-18-21)32-13-11-22(12-14-32)30-33-16-15-31(4)5/h8-10,17-18H,11-16,19H2,1-7H3/q-1. The van der Waals surface area contributed by atoms with Crippen LogP contribution >= 0.6 is 0 Å². The third-order valence-corrected chi connectivity index (χ3v) is 11.3. The van der Waals surface area contributed by atoms with Gasteiger partial charge in [0, 0.05) is 68.2 Å². The molecule has 0 unspecified atom stereocenters. The lowest BCUT2D eigenvalue weighted by Gasteiger charge is -2.48. The summed E-state index contributed by atoms with van der Waals surface area (Å²) >= 11 is 0. The summed E-state index contributed by atoms with van der Waals surface area (Å²) < 4.78 is 21.6. The maximum absolute atomic E-state index is 15.3. The average Bonchev–Trinajstić information content (AvgIpc) is 2.81. The fourth-order valence-corrected chi connectivity index (χ4v) is 4.38. The Bertz CT molecular complexity index is 996. The van der Waals surface area contributed by atoms with Crippen molar-refractivity contribution in [1.29, 1.82) is 0 Å². The average molecular weight is 502 g/mol. The smallest absolute Gasteiger partial charge is 0.225 e. The molecule has 0 radical (unpaired) electrons. The van der Waals surface area contributed by atoms with Crippen molar-refractivity contribution in [3.8, 4) is 11.1 Å². The predicted molar refractivity (Wildman–Crippen MR) is 143 cm³/mol. The summed E-state index contributed by atoms with van der Waals surface area (Å²) in [7, 11) is 2.05. The Morgan fingerprint density at radius 1 is 1.11 bits per heavy atom. The summed E-state index contributed by atoms with van der Waals surface area (Å²) in [6, 6.07) is 5.42. The van der Waals surface area contributed by atoms with E-state index in [4.69, 9.17) is 9.26 Å². The largest absolute Gasteiger partial charge is 0.561 e. The number of aromatic nitrogens is 2. The number of piperidine rings is 1. The SMILES string of the molecule is CN(C)CCON=C1CCN(c2ncc(-c3cccc(CO[Si-](C)(C)C(C)(C)C)c3F)cn2)CC1. The van der Waals surface area contributed by atoms with Gasteiger partial charge in [-0.3, -0.25) is 0 Å². The van der Waals surface area contributed by atoms with Gasteiger partial charge in [-0.05, 0) is 22.4 Å². The van der Waals surface area contributed by atoms with Crippen LogP contribution in [0.3, 0.4) is 0 Å². The molecule has 0 amide bonds. The number of likely N-dealkylation sites (N-methyl/N-ethyl adjacent to an activating group) is 1. The van der Waals surface area contributed by atoms with E-state index in [0.29, 0.717) is 29.2 Å². The van der Waals surface area contributed by atoms with E-state index < -0.39 is 8.32 Å². The van der Waals surface area contributed by atoms with Crippen molar-refractivity contribution in [2.75, 3.05) is 45.2 Å². The highest BCUT2D eigenvalue weighted by Crippen LogP contribution is 2.37. The van der Waals surface area contributed by atoms with Crippen molar-refractivity contribution in [3.05, 3.63) is 42.0 Å². The molecule has 2 aromatic rings. The Kier molecular flexibility index (Phi) is 9.01. The van der Waals surface area contributed by atoms with E-state index in [1.807, 2.05) is 20.2 Å². The fourth-order valence-electron chi connectivity index (χ4n) is 3.43. The summed E-state index contributed by atoms with van der Waals surface area (Å²) in [6.45, 7) is 14.2. The van der Waals surface area contributed by atoms with E-state index in [1.165, 1.54) is 0 Å². The van der Waals surface area contributed by atoms with Crippen LogP contribution in [0.1, 0.15) is 39.2 Å². The van der Waals surface area contributed by atoms with Gasteiger partial charge in [0.05, 0.1) is 5.71 Å². The molecule has 9 heteroatoms. The normalized spacial score (nSPS) is 15.0. The first-order chi connectivity index (χ1) is 16.5. The van der Waals surface area contributed by atoms with E-state index in [2.05, 4.69) is 58.8 Å². The zero-order valence-corrected chi connectivity index (χ0v) is 23.3. The lowest BCUT2D eigenvalue weighted by atomic mass is 10.1. The van der Waals surface area contributed by atoms with Crippen molar-refractivity contribution in [2.24, 2.45) is 5.16 Å². The molecule has 193 valence electrons. The zero-order valence-electron chi connectivity index (χ0n) is 22.3. The molecule has 0 spiro atoms. The first kappa shape index (κ1) is 27.2. The number of oxime groups is 1. The number of hydrogen-bond acceptors (Lipinski definition) is 7. The van der Waals surface area contributed by atoms with Gasteiger partial charge in [0.1, 0.15) is 12.4 Å². The molecule has 1 aliphatic rings. The summed E-state index contributed by atoms with van der Waals surface area (Å²) in [5.74, 6) is 0.384. The molecule has 0 saturated carbocycles. The highest BCUT2D eigenvalue weighted by Gasteiger charge is 2.25. The first-order valence-corrected chi connectivity index (χ1v) is 15.2. The molecule has 0 N–H and O–H groups in total. The van der Waals surface area contributed by atoms with E-state index in [-0.39, 0.29) is 17.5 Å². The highest BCUT2D eigenvalue weighted by molar-refractivity contribution is 6.74. The van der Waals surface area contributed by atoms with Gasteiger partial charge in [-0.2, -0.15) is 0 Å². The minimum Gasteiger partial charge on any atom is -0.561 e. The second-order valence-electron chi connectivity index (χ2n) is 10.9. The predicted octanol–water partition coefficient (Wildman–Crippen LogP) is 5.34. The number of anilines is 1. The van der Waals surface area contributed by atoms with Gasteiger partial charge in [-0.15, -0.1) is 18.1 Å². The van der Waals surface area contributed by atoms with Gasteiger partial charge in [-0.1, -0.05) is 44.1 Å². The molecule has 7 nitrogen and oxygen atoms in total. The van der Waals surface area contributed by atoms with E-state index in [1.54, 1.807) is 24.5 Å². The molecule has 1 aromatic carbocycles. The van der Waals surface area contributed by atoms with Gasteiger partial charge >= 0.3 is 0 Å². The summed E-state index contributed by atoms with van der Waals surface area (Å²) in [5.41, 5.74) is 2.78. The van der Waals surface area contributed by atoms with Crippen LogP contribution in [-0.4, -0.2) is 69.2 Å². The molecule has 1 fully saturated rings. The van der Waals surface area contributed by atoms with Crippen LogP contribution in [0.5, 0.6) is 0 Å². The first-order valence-electron chi connectivity index (χ1n) is 12.3. The Labute approximate surface area is 210 Å². The Balaban J connectivity index is 1.61. The van der Waals surface area contributed by atoms with Crippen LogP contribution in [0, 0.1) is 5.82 Å². The third kappa shape index (κ3) is 7.31. The van der Waals surface area contributed by atoms with Crippen LogP contribution in [0.15, 0.2) is 35.7 Å². The summed E-state index contributed by atoms with van der Waals surface area (Å²) in [4.78, 5) is 18.7. The maximum atomic E-state index is 15.3. The molecule has 0 atom stereocenters. The molecule has 1 aliphatic heterocycles. The number of rotatable bonds is 9. The molecule has 2 heterocycles.